The number of amides is 3. The van der Waals surface area contributed by atoms with Crippen LogP contribution in [0.15, 0.2) is 72.9 Å². The standard InChI is InChI=1S/C34H29FN6O3S/c1-19-7-5-9-24(35)29(19)38-32(42)28-17-21-15-16-40(27-12-4-3-8-22(27)31(21)45-28)33(43)26-11-6-10-25(37-26)23-18-41(34(44)36-2)39-30(23)20-13-14-20/h3-12,17-18,20H,13-16H2,1-2H3,(H,36,44)(H,38,42). The molecule has 2 aliphatic rings. The fraction of sp³-hybridized carbons (Fsp3) is 0.206. The van der Waals surface area contributed by atoms with E-state index in [-0.39, 0.29) is 35.1 Å². The third-order valence-corrected chi connectivity index (χ3v) is 9.36. The average Bonchev–Trinajstić information content (AvgIpc) is 3.70. The van der Waals surface area contributed by atoms with Crippen LogP contribution in [0.4, 0.5) is 20.6 Å². The quantitative estimate of drug-likeness (QED) is 0.229. The van der Waals surface area contributed by atoms with Gasteiger partial charge < -0.3 is 15.5 Å². The van der Waals surface area contributed by atoms with E-state index in [9.17, 15) is 18.8 Å². The molecular formula is C34H29FN6O3S. The van der Waals surface area contributed by atoms with Gasteiger partial charge in [0.25, 0.3) is 11.8 Å². The van der Waals surface area contributed by atoms with Crippen molar-refractivity contribution in [3.05, 3.63) is 106 Å². The third kappa shape index (κ3) is 5.29. The minimum Gasteiger partial charge on any atom is -0.339 e. The zero-order valence-corrected chi connectivity index (χ0v) is 25.5. The van der Waals surface area contributed by atoms with Crippen molar-refractivity contribution in [2.45, 2.75) is 32.1 Å². The molecule has 7 rings (SSSR count). The zero-order chi connectivity index (χ0) is 31.2. The van der Waals surface area contributed by atoms with Crippen molar-refractivity contribution >= 4 is 40.6 Å². The molecule has 2 aromatic carbocycles. The predicted molar refractivity (Wildman–Crippen MR) is 172 cm³/mol. The van der Waals surface area contributed by atoms with Crippen molar-refractivity contribution in [3.63, 3.8) is 0 Å². The van der Waals surface area contributed by atoms with E-state index in [1.54, 1.807) is 49.3 Å². The lowest BCUT2D eigenvalue weighted by Crippen LogP contribution is -2.33. The highest BCUT2D eigenvalue weighted by atomic mass is 32.1. The van der Waals surface area contributed by atoms with Crippen molar-refractivity contribution in [3.8, 4) is 21.7 Å². The summed E-state index contributed by atoms with van der Waals surface area (Å²) >= 11 is 1.33. The number of carbonyl (C=O) groups is 3. The van der Waals surface area contributed by atoms with Crippen LogP contribution in [0.5, 0.6) is 0 Å². The number of rotatable bonds is 5. The van der Waals surface area contributed by atoms with Crippen molar-refractivity contribution < 1.29 is 18.8 Å². The van der Waals surface area contributed by atoms with Crippen LogP contribution in [0.25, 0.3) is 21.7 Å². The number of hydrogen-bond donors (Lipinski definition) is 2. The maximum absolute atomic E-state index is 14.4. The van der Waals surface area contributed by atoms with Crippen LogP contribution >= 0.6 is 11.3 Å². The number of anilines is 2. The Morgan fingerprint density at radius 2 is 1.80 bits per heavy atom. The Morgan fingerprint density at radius 3 is 2.58 bits per heavy atom. The van der Waals surface area contributed by atoms with E-state index in [0.29, 0.717) is 29.1 Å². The van der Waals surface area contributed by atoms with Gasteiger partial charge in [0, 0.05) is 41.7 Å². The van der Waals surface area contributed by atoms with Gasteiger partial charge >= 0.3 is 6.03 Å². The minimum absolute atomic E-state index is 0.170. The van der Waals surface area contributed by atoms with E-state index in [2.05, 4.69) is 15.7 Å². The van der Waals surface area contributed by atoms with Crippen molar-refractivity contribution in [2.24, 2.45) is 0 Å². The molecule has 3 aromatic heterocycles. The van der Waals surface area contributed by atoms with Gasteiger partial charge in [0.1, 0.15) is 11.5 Å². The summed E-state index contributed by atoms with van der Waals surface area (Å²) in [6.07, 6.45) is 4.18. The first-order valence-corrected chi connectivity index (χ1v) is 15.5. The molecule has 1 fully saturated rings. The van der Waals surface area contributed by atoms with Crippen molar-refractivity contribution in [1.82, 2.24) is 20.1 Å². The molecule has 5 aromatic rings. The highest BCUT2D eigenvalue weighted by Crippen LogP contribution is 2.44. The molecule has 0 radical (unpaired) electrons. The second-order valence-corrected chi connectivity index (χ2v) is 12.2. The number of fused-ring (bicyclic) bond motifs is 3. The summed E-state index contributed by atoms with van der Waals surface area (Å²) < 4.78 is 15.7. The van der Waals surface area contributed by atoms with Crippen LogP contribution < -0.4 is 15.5 Å². The maximum Gasteiger partial charge on any atom is 0.341 e. The normalized spacial score (nSPS) is 13.9. The first-order chi connectivity index (χ1) is 21.8. The van der Waals surface area contributed by atoms with E-state index in [4.69, 9.17) is 4.98 Å². The van der Waals surface area contributed by atoms with Gasteiger partial charge in [0.15, 0.2) is 0 Å². The molecule has 0 unspecified atom stereocenters. The smallest absolute Gasteiger partial charge is 0.339 e. The van der Waals surface area contributed by atoms with Crippen LogP contribution in [-0.2, 0) is 6.42 Å². The average molecular weight is 621 g/mol. The summed E-state index contributed by atoms with van der Waals surface area (Å²) in [4.78, 5) is 47.4. The van der Waals surface area contributed by atoms with Gasteiger partial charge in [-0.1, -0.05) is 36.4 Å². The lowest BCUT2D eigenvalue weighted by molar-refractivity contribution is 0.0981. The Bertz CT molecular complexity index is 1980. The molecule has 226 valence electrons. The van der Waals surface area contributed by atoms with Crippen LogP contribution in [0.2, 0.25) is 0 Å². The number of carbonyl (C=O) groups excluding carboxylic acids is 3. The van der Waals surface area contributed by atoms with Gasteiger partial charge in [-0.2, -0.15) is 9.78 Å². The van der Waals surface area contributed by atoms with Crippen molar-refractivity contribution in [2.75, 3.05) is 23.8 Å². The van der Waals surface area contributed by atoms with Gasteiger partial charge in [-0.15, -0.1) is 11.3 Å². The number of nitrogens with one attached hydrogen (secondary N) is 2. The predicted octanol–water partition coefficient (Wildman–Crippen LogP) is 6.64. The highest BCUT2D eigenvalue weighted by molar-refractivity contribution is 7.17. The maximum atomic E-state index is 14.4. The lowest BCUT2D eigenvalue weighted by Gasteiger charge is -2.23. The monoisotopic (exact) mass is 620 g/mol. The second-order valence-electron chi connectivity index (χ2n) is 11.2. The molecule has 4 heterocycles. The minimum atomic E-state index is -0.484. The molecule has 0 bridgehead atoms. The zero-order valence-electron chi connectivity index (χ0n) is 24.6. The second kappa shape index (κ2) is 11.4. The fourth-order valence-corrected chi connectivity index (χ4v) is 6.83. The first kappa shape index (κ1) is 28.6. The number of para-hydroxylation sites is 2. The molecule has 1 aliphatic carbocycles. The van der Waals surface area contributed by atoms with Crippen molar-refractivity contribution in [1.29, 1.82) is 0 Å². The summed E-state index contributed by atoms with van der Waals surface area (Å²) in [5.41, 5.74) is 5.72. The molecule has 1 aliphatic heterocycles. The van der Waals surface area contributed by atoms with Crippen LogP contribution in [-0.4, -0.2) is 46.2 Å². The third-order valence-electron chi connectivity index (χ3n) is 8.16. The number of aromatic nitrogens is 3. The topological polar surface area (TPSA) is 109 Å². The fourth-order valence-electron chi connectivity index (χ4n) is 5.69. The summed E-state index contributed by atoms with van der Waals surface area (Å²) in [5.74, 6) is -0.842. The van der Waals surface area contributed by atoms with Gasteiger partial charge in [0.05, 0.1) is 27.6 Å². The Kier molecular flexibility index (Phi) is 7.25. The molecule has 11 heteroatoms. The molecule has 1 saturated carbocycles. The van der Waals surface area contributed by atoms with E-state index in [0.717, 1.165) is 45.8 Å². The van der Waals surface area contributed by atoms with E-state index >= 15 is 0 Å². The molecule has 9 nitrogen and oxygen atoms in total. The SMILES string of the molecule is CNC(=O)n1cc(-c2cccc(C(=O)N3CCc4cc(C(=O)Nc5c(C)cccc5F)sc4-c4ccccc43)n2)c(C2CC2)n1. The molecule has 0 saturated heterocycles. The molecule has 3 amide bonds. The number of pyridine rings is 1. The summed E-state index contributed by atoms with van der Waals surface area (Å²) in [7, 11) is 1.55. The number of thiophene rings is 1. The Morgan fingerprint density at radius 1 is 1.00 bits per heavy atom. The molecule has 45 heavy (non-hydrogen) atoms. The van der Waals surface area contributed by atoms with E-state index in [1.807, 2.05) is 36.4 Å². The Balaban J connectivity index is 1.19. The summed E-state index contributed by atoms with van der Waals surface area (Å²) in [6, 6.07) is 19.1. The number of nitrogens with zero attached hydrogens (tertiary/aromatic N) is 4. The van der Waals surface area contributed by atoms with Gasteiger partial charge in [-0.25, -0.2) is 14.2 Å². The molecular weight excluding hydrogens is 591 g/mol. The van der Waals surface area contributed by atoms with E-state index < -0.39 is 5.82 Å². The van der Waals surface area contributed by atoms with E-state index in [1.165, 1.54) is 22.1 Å². The highest BCUT2D eigenvalue weighted by Gasteiger charge is 2.32. The Hall–Kier alpha value is -5.16. The van der Waals surface area contributed by atoms with Gasteiger partial charge in [0.2, 0.25) is 0 Å². The molecule has 0 atom stereocenters. The Labute approximate surface area is 262 Å². The first-order valence-electron chi connectivity index (χ1n) is 14.7. The van der Waals surface area contributed by atoms with Crippen LogP contribution in [0.1, 0.15) is 55.7 Å². The largest absolute Gasteiger partial charge is 0.341 e. The lowest BCUT2D eigenvalue weighted by atomic mass is 10.1. The number of aryl methyl sites for hydroxylation is 1. The number of benzene rings is 2. The molecule has 2 N–H and O–H groups in total. The summed E-state index contributed by atoms with van der Waals surface area (Å²) in [6.45, 7) is 2.12. The molecule has 0 spiro atoms. The number of hydrogen-bond acceptors (Lipinski definition) is 6. The van der Waals surface area contributed by atoms with Crippen LogP contribution in [0.3, 0.4) is 0 Å². The number of halogens is 1. The van der Waals surface area contributed by atoms with Gasteiger partial charge in [-0.05, 0) is 67.6 Å². The summed E-state index contributed by atoms with van der Waals surface area (Å²) in [5, 5.41) is 9.84. The van der Waals surface area contributed by atoms with Crippen LogP contribution in [0, 0.1) is 12.7 Å². The van der Waals surface area contributed by atoms with Gasteiger partial charge in [-0.3, -0.25) is 9.59 Å².